The first kappa shape index (κ1) is 20.9. The summed E-state index contributed by atoms with van der Waals surface area (Å²) in [6, 6.07) is 19.7. The number of aromatic nitrogens is 1. The molecule has 2 heterocycles. The summed E-state index contributed by atoms with van der Waals surface area (Å²) < 4.78 is 30.5. The topological polar surface area (TPSA) is 37.3 Å². The van der Waals surface area contributed by atoms with E-state index in [0.717, 1.165) is 34.1 Å². The van der Waals surface area contributed by atoms with Crippen molar-refractivity contribution in [1.82, 2.24) is 9.47 Å². The summed E-state index contributed by atoms with van der Waals surface area (Å²) in [4.78, 5) is 15.3. The molecule has 4 nitrogen and oxygen atoms in total. The zero-order valence-electron chi connectivity index (χ0n) is 18.3. The van der Waals surface area contributed by atoms with Crippen LogP contribution in [-0.2, 0) is 6.54 Å². The van der Waals surface area contributed by atoms with E-state index in [9.17, 15) is 13.6 Å². The quantitative estimate of drug-likeness (QED) is 0.377. The summed E-state index contributed by atoms with van der Waals surface area (Å²) in [6.07, 6.45) is 1.91. The molecule has 0 aliphatic carbocycles. The number of carbonyl (C=O) groups excluding carboxylic acids is 1. The lowest BCUT2D eigenvalue weighted by molar-refractivity contribution is 0.194. The number of fused-ring (bicyclic) bond motifs is 3. The Bertz CT molecular complexity index is 1340. The van der Waals surface area contributed by atoms with Gasteiger partial charge in [0.15, 0.2) is 0 Å². The summed E-state index contributed by atoms with van der Waals surface area (Å²) in [6.45, 7) is 4.21. The van der Waals surface area contributed by atoms with E-state index >= 15 is 0 Å². The van der Waals surface area contributed by atoms with Crippen molar-refractivity contribution in [2.45, 2.75) is 26.4 Å². The lowest BCUT2D eigenvalue weighted by atomic mass is 10.0. The van der Waals surface area contributed by atoms with Gasteiger partial charge in [-0.3, -0.25) is 0 Å². The molecule has 1 aliphatic rings. The van der Waals surface area contributed by atoms with Crippen LogP contribution in [0.15, 0.2) is 79.0 Å². The smallest absolute Gasteiger partial charge is 0.318 e. The van der Waals surface area contributed by atoms with E-state index in [-0.39, 0.29) is 12.6 Å². The summed E-state index contributed by atoms with van der Waals surface area (Å²) in [5.41, 5.74) is 5.73. The number of rotatable bonds is 2. The molecule has 0 unspecified atom stereocenters. The second-order valence-corrected chi connectivity index (χ2v) is 8.34. The van der Waals surface area contributed by atoms with Crippen LogP contribution < -0.4 is 5.32 Å². The fraction of sp³-hybridized carbons (Fsp3) is 0.148. The monoisotopic (exact) mass is 443 g/mol. The molecule has 0 saturated carbocycles. The average molecular weight is 443 g/mol. The molecular weight excluding hydrogens is 420 g/mol. The van der Waals surface area contributed by atoms with Crippen LogP contribution in [0.1, 0.15) is 34.0 Å². The minimum atomic E-state index is -0.692. The van der Waals surface area contributed by atoms with Gasteiger partial charge in [-0.15, -0.1) is 0 Å². The number of aryl methyl sites for hydroxylation is 1. The van der Waals surface area contributed by atoms with Crippen LogP contribution in [-0.4, -0.2) is 15.5 Å². The standard InChI is InChI=1S/C27H23F2N3O/c1-17-7-5-9-23(18(17)2)30-27(33)32-16-19-8-3-4-10-24(19)31-12-6-11-25(31)26(32)20-13-21(28)15-22(29)14-20/h3-15,26H,16H2,1-2H3,(H,30,33)/t26-/m0/s1. The van der Waals surface area contributed by atoms with Gasteiger partial charge in [0.05, 0.1) is 18.3 Å². The first-order valence-corrected chi connectivity index (χ1v) is 10.8. The number of hydrogen-bond donors (Lipinski definition) is 1. The number of carbonyl (C=O) groups is 1. The van der Waals surface area contributed by atoms with Crippen molar-refractivity contribution in [1.29, 1.82) is 0 Å². The maximum absolute atomic E-state index is 14.3. The summed E-state index contributed by atoms with van der Waals surface area (Å²) in [5.74, 6) is -1.36. The van der Waals surface area contributed by atoms with E-state index in [1.54, 1.807) is 4.90 Å². The zero-order chi connectivity index (χ0) is 23.1. The van der Waals surface area contributed by atoms with Gasteiger partial charge in [0.25, 0.3) is 0 Å². The van der Waals surface area contributed by atoms with E-state index in [0.29, 0.717) is 11.3 Å². The fourth-order valence-electron chi connectivity index (χ4n) is 4.50. The van der Waals surface area contributed by atoms with Crippen molar-refractivity contribution in [3.05, 3.63) is 119 Å². The number of nitrogens with zero attached hydrogens (tertiary/aromatic N) is 2. The predicted molar refractivity (Wildman–Crippen MR) is 124 cm³/mol. The van der Waals surface area contributed by atoms with Crippen LogP contribution in [0.5, 0.6) is 0 Å². The lowest BCUT2D eigenvalue weighted by Crippen LogP contribution is -2.38. The first-order chi connectivity index (χ1) is 15.9. The molecule has 1 aliphatic heterocycles. The van der Waals surface area contributed by atoms with Gasteiger partial charge >= 0.3 is 6.03 Å². The van der Waals surface area contributed by atoms with Gasteiger partial charge in [-0.1, -0.05) is 30.3 Å². The average Bonchev–Trinajstić information content (AvgIpc) is 3.20. The Morgan fingerprint density at radius 2 is 1.70 bits per heavy atom. The molecule has 0 saturated heterocycles. The molecule has 1 N–H and O–H groups in total. The molecule has 1 atom stereocenters. The molecule has 3 aromatic carbocycles. The number of urea groups is 1. The van der Waals surface area contributed by atoms with Crippen LogP contribution in [0, 0.1) is 25.5 Å². The van der Waals surface area contributed by atoms with Crippen LogP contribution >= 0.6 is 0 Å². The van der Waals surface area contributed by atoms with Gasteiger partial charge < -0.3 is 14.8 Å². The number of hydrogen-bond acceptors (Lipinski definition) is 1. The number of benzene rings is 3. The molecule has 33 heavy (non-hydrogen) atoms. The second kappa shape index (κ2) is 8.20. The van der Waals surface area contributed by atoms with Crippen LogP contribution in [0.2, 0.25) is 0 Å². The number of amides is 2. The van der Waals surface area contributed by atoms with Crippen molar-refractivity contribution in [3.8, 4) is 5.69 Å². The highest BCUT2D eigenvalue weighted by Crippen LogP contribution is 2.37. The molecule has 0 bridgehead atoms. The Kier molecular flexibility index (Phi) is 5.21. The molecule has 0 spiro atoms. The van der Waals surface area contributed by atoms with Gasteiger partial charge in [-0.05, 0) is 72.5 Å². The molecule has 0 radical (unpaired) electrons. The highest BCUT2D eigenvalue weighted by molar-refractivity contribution is 5.91. The SMILES string of the molecule is Cc1cccc(NC(=O)N2Cc3ccccc3-n3cccc3[C@@H]2c2cc(F)cc(F)c2)c1C. The minimum Gasteiger partial charge on any atom is -0.318 e. The van der Waals surface area contributed by atoms with Crippen LogP contribution in [0.3, 0.4) is 0 Å². The molecule has 2 amide bonds. The third-order valence-corrected chi connectivity index (χ3v) is 6.27. The summed E-state index contributed by atoms with van der Waals surface area (Å²) >= 11 is 0. The molecule has 166 valence electrons. The van der Waals surface area contributed by atoms with Crippen molar-refractivity contribution in [2.75, 3.05) is 5.32 Å². The van der Waals surface area contributed by atoms with Crippen molar-refractivity contribution < 1.29 is 13.6 Å². The van der Waals surface area contributed by atoms with Crippen molar-refractivity contribution in [3.63, 3.8) is 0 Å². The van der Waals surface area contributed by atoms with Crippen LogP contribution in [0.4, 0.5) is 19.3 Å². The van der Waals surface area contributed by atoms with Crippen molar-refractivity contribution in [2.24, 2.45) is 0 Å². The Balaban J connectivity index is 1.66. The minimum absolute atomic E-state index is 0.275. The molecule has 1 aromatic heterocycles. The maximum Gasteiger partial charge on any atom is 0.322 e. The third kappa shape index (κ3) is 3.78. The van der Waals surface area contributed by atoms with Gasteiger partial charge in [0, 0.05) is 23.6 Å². The Morgan fingerprint density at radius 3 is 2.48 bits per heavy atom. The molecule has 4 aromatic rings. The van der Waals surface area contributed by atoms with Gasteiger partial charge in [0.2, 0.25) is 0 Å². The third-order valence-electron chi connectivity index (χ3n) is 6.27. The molecular formula is C27H23F2N3O. The molecule has 5 rings (SSSR count). The second-order valence-electron chi connectivity index (χ2n) is 8.34. The highest BCUT2D eigenvalue weighted by atomic mass is 19.1. The van der Waals surface area contributed by atoms with Gasteiger partial charge in [-0.25, -0.2) is 13.6 Å². The largest absolute Gasteiger partial charge is 0.322 e. The maximum atomic E-state index is 14.3. The van der Waals surface area contributed by atoms with E-state index in [1.807, 2.05) is 79.2 Å². The number of anilines is 1. The fourth-order valence-corrected chi connectivity index (χ4v) is 4.50. The Labute approximate surface area is 191 Å². The first-order valence-electron chi connectivity index (χ1n) is 10.8. The van der Waals surface area contributed by atoms with E-state index in [4.69, 9.17) is 0 Å². The van der Waals surface area contributed by atoms with Gasteiger partial charge in [0.1, 0.15) is 11.6 Å². The lowest BCUT2D eigenvalue weighted by Gasteiger charge is -2.31. The van der Waals surface area contributed by atoms with E-state index < -0.39 is 17.7 Å². The predicted octanol–water partition coefficient (Wildman–Crippen LogP) is 6.51. The number of halogens is 2. The summed E-state index contributed by atoms with van der Waals surface area (Å²) in [5, 5.41) is 3.02. The van der Waals surface area contributed by atoms with Crippen molar-refractivity contribution >= 4 is 11.7 Å². The zero-order valence-corrected chi connectivity index (χ0v) is 18.3. The van der Waals surface area contributed by atoms with Crippen LogP contribution in [0.25, 0.3) is 5.69 Å². The normalized spacial score (nSPS) is 14.9. The number of para-hydroxylation sites is 1. The molecule has 6 heteroatoms. The molecule has 0 fully saturated rings. The van der Waals surface area contributed by atoms with E-state index in [2.05, 4.69) is 5.32 Å². The van der Waals surface area contributed by atoms with Gasteiger partial charge in [-0.2, -0.15) is 0 Å². The highest BCUT2D eigenvalue weighted by Gasteiger charge is 2.33. The Hall–Kier alpha value is -3.93. The summed E-state index contributed by atoms with van der Waals surface area (Å²) in [7, 11) is 0. The Morgan fingerprint density at radius 1 is 0.939 bits per heavy atom. The number of nitrogens with one attached hydrogen (secondary N) is 1. The van der Waals surface area contributed by atoms with E-state index in [1.165, 1.54) is 12.1 Å².